The molecule has 222 valence electrons. The van der Waals surface area contributed by atoms with Crippen LogP contribution in [0.2, 0.25) is 0 Å². The van der Waals surface area contributed by atoms with Crippen LogP contribution < -0.4 is 5.32 Å². The number of alkyl halides is 3. The first-order valence-electron chi connectivity index (χ1n) is 12.9. The van der Waals surface area contributed by atoms with E-state index in [0.29, 0.717) is 39.6 Å². The fourth-order valence-corrected chi connectivity index (χ4v) is 5.23. The second-order valence-corrected chi connectivity index (χ2v) is 10.1. The predicted molar refractivity (Wildman–Crippen MR) is 138 cm³/mol. The van der Waals surface area contributed by atoms with Crippen LogP contribution in [0, 0.1) is 5.82 Å². The molecule has 0 radical (unpaired) electrons. The van der Waals surface area contributed by atoms with Crippen LogP contribution in [0.5, 0.6) is 0 Å². The molecule has 2 heterocycles. The van der Waals surface area contributed by atoms with Crippen molar-refractivity contribution in [3.8, 4) is 0 Å². The van der Waals surface area contributed by atoms with Gasteiger partial charge in [0.1, 0.15) is 18.4 Å². The van der Waals surface area contributed by atoms with E-state index >= 15 is 0 Å². The lowest BCUT2D eigenvalue weighted by Crippen LogP contribution is -2.51. The highest BCUT2D eigenvalue weighted by Crippen LogP contribution is 2.46. The largest absolute Gasteiger partial charge is 0.465 e. The van der Waals surface area contributed by atoms with Gasteiger partial charge in [0.15, 0.2) is 0 Å². The molecule has 1 saturated heterocycles. The molecule has 0 unspecified atom stereocenters. The van der Waals surface area contributed by atoms with Crippen molar-refractivity contribution in [3.05, 3.63) is 65.0 Å². The van der Waals surface area contributed by atoms with E-state index in [1.165, 1.54) is 18.2 Å². The van der Waals surface area contributed by atoms with Crippen molar-refractivity contribution in [1.82, 2.24) is 14.7 Å². The predicted octanol–water partition coefficient (Wildman–Crippen LogP) is 3.69. The van der Waals surface area contributed by atoms with Crippen molar-refractivity contribution >= 4 is 35.6 Å². The van der Waals surface area contributed by atoms with Gasteiger partial charge < -0.3 is 20.1 Å². The van der Waals surface area contributed by atoms with Gasteiger partial charge in [-0.3, -0.25) is 14.6 Å². The number of halogens is 4. The number of aryl methyl sites for hydroxylation is 1. The van der Waals surface area contributed by atoms with Crippen LogP contribution in [0.15, 0.2) is 47.5 Å². The Hall–Kier alpha value is -4.69. The normalized spacial score (nSPS) is 20.5. The summed E-state index contributed by atoms with van der Waals surface area (Å²) in [6.45, 7) is -0.247. The summed E-state index contributed by atoms with van der Waals surface area (Å²) >= 11 is 0. The lowest BCUT2D eigenvalue weighted by Gasteiger charge is -2.31. The molecule has 1 fully saturated rings. The van der Waals surface area contributed by atoms with Gasteiger partial charge in [0, 0.05) is 24.2 Å². The zero-order chi connectivity index (χ0) is 30.4. The second kappa shape index (κ2) is 10.6. The fourth-order valence-electron chi connectivity index (χ4n) is 5.23. The maximum atomic E-state index is 13.7. The minimum absolute atomic E-state index is 0.0432. The number of hydrogen-bond acceptors (Lipinski definition) is 7. The molecule has 3 aliphatic rings. The second-order valence-electron chi connectivity index (χ2n) is 10.1. The van der Waals surface area contributed by atoms with E-state index < -0.39 is 60.7 Å². The quantitative estimate of drug-likeness (QED) is 0.490. The van der Waals surface area contributed by atoms with Gasteiger partial charge in [-0.1, -0.05) is 18.2 Å². The van der Waals surface area contributed by atoms with Crippen molar-refractivity contribution < 1.29 is 46.6 Å². The minimum atomic E-state index is -4.81. The standard InChI is InChI=1S/C27H25F4N5O6/c1-15(27(29,30)31)35(13-16-2-4-18(28)5-3-16)21(37)14-36-22(38)26(42-25(36)41)9-8-17-12-19(6-7-20(17)26)33-23-32-10-11-34(23)24(39)40/h2-7,12,15H,8-11,13-14H2,1H3,(H,32,33)(H,39,40)/t15-,26+/m0/s1. The zero-order valence-corrected chi connectivity index (χ0v) is 22.2. The number of imide groups is 1. The van der Waals surface area contributed by atoms with Crippen molar-refractivity contribution in [2.24, 2.45) is 4.99 Å². The summed E-state index contributed by atoms with van der Waals surface area (Å²) in [4.78, 5) is 57.1. The van der Waals surface area contributed by atoms with Crippen LogP contribution in [0.3, 0.4) is 0 Å². The first-order chi connectivity index (χ1) is 19.8. The number of carbonyl (C=O) groups is 4. The van der Waals surface area contributed by atoms with Crippen LogP contribution in [0.4, 0.5) is 32.8 Å². The molecular formula is C27H25F4N5O6. The molecule has 2 aliphatic heterocycles. The lowest BCUT2D eigenvalue weighted by atomic mass is 9.94. The van der Waals surface area contributed by atoms with Gasteiger partial charge in [-0.25, -0.2) is 23.8 Å². The molecule has 4 amide bonds. The van der Waals surface area contributed by atoms with E-state index in [2.05, 4.69) is 10.3 Å². The number of ether oxygens (including phenoxy) is 1. The summed E-state index contributed by atoms with van der Waals surface area (Å²) in [6.07, 6.45) is -6.81. The summed E-state index contributed by atoms with van der Waals surface area (Å²) < 4.78 is 59.8. The van der Waals surface area contributed by atoms with Crippen LogP contribution in [0.1, 0.15) is 30.0 Å². The van der Waals surface area contributed by atoms with Crippen LogP contribution in [-0.2, 0) is 32.9 Å². The van der Waals surface area contributed by atoms with Gasteiger partial charge in [0.25, 0.3) is 5.91 Å². The van der Waals surface area contributed by atoms with Gasteiger partial charge in [-0.15, -0.1) is 0 Å². The van der Waals surface area contributed by atoms with Crippen LogP contribution in [0.25, 0.3) is 0 Å². The van der Waals surface area contributed by atoms with Crippen LogP contribution >= 0.6 is 0 Å². The molecule has 0 aromatic heterocycles. The molecule has 42 heavy (non-hydrogen) atoms. The number of anilines is 1. The number of nitrogens with zero attached hydrogens (tertiary/aromatic N) is 4. The fraction of sp³-hybridized carbons (Fsp3) is 0.370. The van der Waals surface area contributed by atoms with Crippen molar-refractivity contribution in [2.45, 2.75) is 44.1 Å². The third-order valence-corrected chi connectivity index (χ3v) is 7.51. The maximum absolute atomic E-state index is 13.7. The summed E-state index contributed by atoms with van der Waals surface area (Å²) in [5.74, 6) is -2.49. The molecule has 1 spiro atoms. The number of nitrogens with one attached hydrogen (secondary N) is 1. The summed E-state index contributed by atoms with van der Waals surface area (Å²) in [6, 6.07) is 7.05. The monoisotopic (exact) mass is 591 g/mol. The molecule has 0 saturated carbocycles. The third kappa shape index (κ3) is 5.21. The molecule has 2 aromatic carbocycles. The topological polar surface area (TPSA) is 132 Å². The number of aliphatic imine (C=N–C) groups is 1. The number of fused-ring (bicyclic) bond motifs is 2. The maximum Gasteiger partial charge on any atom is 0.418 e. The van der Waals surface area contributed by atoms with E-state index in [9.17, 15) is 41.8 Å². The molecule has 5 rings (SSSR count). The lowest BCUT2D eigenvalue weighted by molar-refractivity contribution is -0.187. The van der Waals surface area contributed by atoms with Crippen LogP contribution in [-0.4, -0.2) is 81.6 Å². The van der Waals surface area contributed by atoms with Crippen molar-refractivity contribution in [2.75, 3.05) is 25.0 Å². The molecular weight excluding hydrogens is 566 g/mol. The number of benzene rings is 2. The van der Waals surface area contributed by atoms with Gasteiger partial charge in [0.2, 0.25) is 17.5 Å². The number of amides is 4. The summed E-state index contributed by atoms with van der Waals surface area (Å²) in [7, 11) is 0. The highest BCUT2D eigenvalue weighted by Gasteiger charge is 2.58. The number of carbonyl (C=O) groups excluding carboxylic acids is 3. The Kier molecular flexibility index (Phi) is 7.28. The number of rotatable bonds is 6. The Bertz CT molecular complexity index is 1480. The number of guanidine groups is 1. The van der Waals surface area contributed by atoms with E-state index in [1.54, 1.807) is 12.1 Å². The molecule has 2 N–H and O–H groups in total. The smallest absolute Gasteiger partial charge is 0.418 e. The van der Waals surface area contributed by atoms with Crippen molar-refractivity contribution in [3.63, 3.8) is 0 Å². The first-order valence-corrected chi connectivity index (χ1v) is 12.9. The Morgan fingerprint density at radius 1 is 1.19 bits per heavy atom. The van der Waals surface area contributed by atoms with E-state index in [4.69, 9.17) is 4.74 Å². The Labute approximate surface area is 236 Å². The number of hydrogen-bond donors (Lipinski definition) is 2. The third-order valence-electron chi connectivity index (χ3n) is 7.51. The molecule has 2 aromatic rings. The SMILES string of the molecule is C[C@H](N(Cc1ccc(F)cc1)C(=O)CN1C(=O)O[C@@]2(CCc3cc(NC4=NCCN4C(=O)O)ccc32)C1=O)C(F)(F)F. The first kappa shape index (κ1) is 28.8. The molecule has 11 nitrogen and oxygen atoms in total. The minimum Gasteiger partial charge on any atom is -0.465 e. The van der Waals surface area contributed by atoms with E-state index in [1.807, 2.05) is 0 Å². The number of carboxylic acid groups (broad SMARTS) is 1. The van der Waals surface area contributed by atoms with Gasteiger partial charge in [-0.05, 0) is 48.7 Å². The highest BCUT2D eigenvalue weighted by molar-refractivity contribution is 6.07. The van der Waals surface area contributed by atoms with Gasteiger partial charge in [0.05, 0.1) is 13.1 Å². The summed E-state index contributed by atoms with van der Waals surface area (Å²) in [5.41, 5.74) is -0.0633. The average molecular weight is 592 g/mol. The van der Waals surface area contributed by atoms with Crippen molar-refractivity contribution in [1.29, 1.82) is 0 Å². The molecule has 2 atom stereocenters. The highest BCUT2D eigenvalue weighted by atomic mass is 19.4. The molecule has 1 aliphatic carbocycles. The molecule has 0 bridgehead atoms. The zero-order valence-electron chi connectivity index (χ0n) is 22.2. The Morgan fingerprint density at radius 2 is 1.90 bits per heavy atom. The van der Waals surface area contributed by atoms with Gasteiger partial charge >= 0.3 is 18.4 Å². The average Bonchev–Trinajstić information content (AvgIpc) is 3.61. The molecule has 15 heteroatoms. The van der Waals surface area contributed by atoms with Gasteiger partial charge in [-0.2, -0.15) is 13.2 Å². The Morgan fingerprint density at radius 3 is 2.57 bits per heavy atom. The van der Waals surface area contributed by atoms with E-state index in [-0.39, 0.29) is 24.5 Å². The van der Waals surface area contributed by atoms with E-state index in [0.717, 1.165) is 24.0 Å². The summed E-state index contributed by atoms with van der Waals surface area (Å²) in [5, 5.41) is 12.2. The Balaban J connectivity index is 1.34.